The Hall–Kier alpha value is -1.45. The first-order valence-electron chi connectivity index (χ1n) is 10.6. The molecule has 29 heavy (non-hydrogen) atoms. The normalized spacial score (nSPS) is 21.4. The van der Waals surface area contributed by atoms with Gasteiger partial charge in [0.2, 0.25) is 0 Å². The largest absolute Gasteiger partial charge is 0.472 e. The lowest BCUT2D eigenvalue weighted by molar-refractivity contribution is -0.386. The van der Waals surface area contributed by atoms with E-state index >= 15 is 0 Å². The quantitative estimate of drug-likeness (QED) is 0.258. The molecule has 2 fully saturated rings. The Morgan fingerprint density at radius 1 is 1.34 bits per heavy atom. The van der Waals surface area contributed by atoms with Crippen LogP contribution < -0.4 is 4.74 Å². The molecular formula is C20H35N3O5Si. The summed E-state index contributed by atoms with van der Waals surface area (Å²) < 4.78 is 19.6. The zero-order chi connectivity index (χ0) is 21.4. The van der Waals surface area contributed by atoms with E-state index in [1.54, 1.807) is 11.6 Å². The minimum absolute atomic E-state index is 0.0157. The van der Waals surface area contributed by atoms with Crippen LogP contribution in [0.3, 0.4) is 0 Å². The van der Waals surface area contributed by atoms with Crippen molar-refractivity contribution in [3.63, 3.8) is 0 Å². The molecule has 0 amide bonds. The van der Waals surface area contributed by atoms with Gasteiger partial charge in [-0.3, -0.25) is 14.8 Å². The molecule has 0 aromatic carbocycles. The number of ether oxygens (including phenoxy) is 2. The third kappa shape index (κ3) is 4.83. The van der Waals surface area contributed by atoms with Crippen molar-refractivity contribution < 1.29 is 18.8 Å². The predicted octanol–water partition coefficient (Wildman–Crippen LogP) is 4.77. The summed E-state index contributed by atoms with van der Waals surface area (Å²) in [5, 5.41) is 16.3. The third-order valence-electron chi connectivity index (χ3n) is 6.69. The van der Waals surface area contributed by atoms with E-state index in [9.17, 15) is 10.1 Å². The first-order chi connectivity index (χ1) is 13.5. The van der Waals surface area contributed by atoms with Crippen LogP contribution in [0.2, 0.25) is 18.1 Å². The molecule has 8 nitrogen and oxygen atoms in total. The monoisotopic (exact) mass is 425 g/mol. The second-order valence-corrected chi connectivity index (χ2v) is 14.7. The summed E-state index contributed by atoms with van der Waals surface area (Å²) in [6.07, 6.45) is 4.51. The van der Waals surface area contributed by atoms with Gasteiger partial charge in [-0.1, -0.05) is 20.8 Å². The van der Waals surface area contributed by atoms with Gasteiger partial charge < -0.3 is 13.9 Å². The van der Waals surface area contributed by atoms with Crippen LogP contribution in [0.25, 0.3) is 0 Å². The zero-order valence-electron chi connectivity index (χ0n) is 18.6. The van der Waals surface area contributed by atoms with E-state index in [-0.39, 0.29) is 33.2 Å². The van der Waals surface area contributed by atoms with Crippen molar-refractivity contribution >= 4 is 14.0 Å². The van der Waals surface area contributed by atoms with Gasteiger partial charge in [-0.25, -0.2) is 0 Å². The van der Waals surface area contributed by atoms with E-state index in [0.29, 0.717) is 31.9 Å². The van der Waals surface area contributed by atoms with Crippen LogP contribution in [0.15, 0.2) is 0 Å². The molecule has 1 saturated heterocycles. The molecular weight excluding hydrogens is 390 g/mol. The standard InChI is InChI=1S/C20H35N3O5Si/c1-15-17(23(24)25)18(26-11-7-12-28-29(5,6)19(2,3)4)21-22(15)16-8-13-27-20(14-16)9-10-20/h16H,7-14H2,1-6H3. The van der Waals surface area contributed by atoms with Gasteiger partial charge in [-0.05, 0) is 50.7 Å². The van der Waals surface area contributed by atoms with Crippen LogP contribution in [0.4, 0.5) is 5.69 Å². The van der Waals surface area contributed by atoms with Gasteiger partial charge in [0, 0.05) is 19.6 Å². The van der Waals surface area contributed by atoms with Crippen molar-refractivity contribution in [3.8, 4) is 5.88 Å². The molecule has 1 aromatic heterocycles. The fourth-order valence-electron chi connectivity index (χ4n) is 3.62. The predicted molar refractivity (Wildman–Crippen MR) is 113 cm³/mol. The fraction of sp³-hybridized carbons (Fsp3) is 0.850. The first kappa shape index (κ1) is 22.2. The van der Waals surface area contributed by atoms with Crippen molar-refractivity contribution in [2.45, 2.75) is 89.6 Å². The summed E-state index contributed by atoms with van der Waals surface area (Å²) in [6, 6.07) is 0.129. The lowest BCUT2D eigenvalue weighted by Crippen LogP contribution is -2.41. The number of aromatic nitrogens is 2. The molecule has 0 bridgehead atoms. The molecule has 9 heteroatoms. The van der Waals surface area contributed by atoms with Crippen molar-refractivity contribution in [2.75, 3.05) is 19.8 Å². The highest BCUT2D eigenvalue weighted by molar-refractivity contribution is 6.74. The van der Waals surface area contributed by atoms with Gasteiger partial charge >= 0.3 is 11.6 Å². The number of rotatable bonds is 8. The van der Waals surface area contributed by atoms with E-state index < -0.39 is 8.32 Å². The van der Waals surface area contributed by atoms with E-state index in [4.69, 9.17) is 13.9 Å². The molecule has 2 aliphatic rings. The van der Waals surface area contributed by atoms with E-state index in [1.165, 1.54) is 0 Å². The average molecular weight is 426 g/mol. The average Bonchev–Trinajstić information content (AvgIpc) is 3.25. The Morgan fingerprint density at radius 2 is 2.03 bits per heavy atom. The Kier molecular flexibility index (Phi) is 6.13. The van der Waals surface area contributed by atoms with E-state index in [1.807, 2.05) is 0 Å². The van der Waals surface area contributed by atoms with Crippen LogP contribution in [0.5, 0.6) is 5.88 Å². The topological polar surface area (TPSA) is 88.7 Å². The second kappa shape index (κ2) is 8.00. The van der Waals surface area contributed by atoms with Crippen LogP contribution in [0.1, 0.15) is 64.6 Å². The molecule has 1 saturated carbocycles. The molecule has 164 valence electrons. The van der Waals surface area contributed by atoms with Crippen molar-refractivity contribution in [1.29, 1.82) is 0 Å². The molecule has 0 N–H and O–H groups in total. The molecule has 1 aliphatic heterocycles. The summed E-state index contributed by atoms with van der Waals surface area (Å²) in [5.74, 6) is 0.121. The minimum atomic E-state index is -1.79. The Balaban J connectivity index is 1.61. The van der Waals surface area contributed by atoms with Gasteiger partial charge in [-0.15, -0.1) is 5.10 Å². The van der Waals surface area contributed by atoms with Gasteiger partial charge in [0.15, 0.2) is 8.32 Å². The molecule has 1 aliphatic carbocycles. The highest BCUT2D eigenvalue weighted by atomic mass is 28.4. The molecule has 1 spiro atoms. The van der Waals surface area contributed by atoms with E-state index in [2.05, 4.69) is 39.0 Å². The number of hydrogen-bond donors (Lipinski definition) is 0. The van der Waals surface area contributed by atoms with E-state index in [0.717, 1.165) is 25.7 Å². The molecule has 3 rings (SSSR count). The van der Waals surface area contributed by atoms with Crippen molar-refractivity contribution in [3.05, 3.63) is 15.8 Å². The molecule has 1 unspecified atom stereocenters. The van der Waals surface area contributed by atoms with Gasteiger partial charge in [-0.2, -0.15) is 0 Å². The number of nitrogens with zero attached hydrogens (tertiary/aromatic N) is 3. The maximum Gasteiger partial charge on any atom is 0.352 e. The first-order valence-corrected chi connectivity index (χ1v) is 13.5. The van der Waals surface area contributed by atoms with Crippen LogP contribution >= 0.6 is 0 Å². The van der Waals surface area contributed by atoms with Crippen molar-refractivity contribution in [2.24, 2.45) is 0 Å². The Labute approximate surface area is 174 Å². The van der Waals surface area contributed by atoms with Crippen LogP contribution in [0, 0.1) is 17.0 Å². The zero-order valence-corrected chi connectivity index (χ0v) is 19.6. The number of hydrogen-bond acceptors (Lipinski definition) is 6. The van der Waals surface area contributed by atoms with Crippen LogP contribution in [-0.2, 0) is 9.16 Å². The summed E-state index contributed by atoms with van der Waals surface area (Å²) in [4.78, 5) is 11.3. The number of nitro groups is 1. The summed E-state index contributed by atoms with van der Waals surface area (Å²) in [7, 11) is -1.79. The Bertz CT molecular complexity index is 752. The van der Waals surface area contributed by atoms with Crippen LogP contribution in [-0.4, -0.2) is 48.4 Å². The maximum atomic E-state index is 11.6. The fourth-order valence-corrected chi connectivity index (χ4v) is 4.70. The highest BCUT2D eigenvalue weighted by Gasteiger charge is 2.49. The molecule has 1 atom stereocenters. The van der Waals surface area contributed by atoms with Gasteiger partial charge in [0.1, 0.15) is 5.69 Å². The summed E-state index contributed by atoms with van der Waals surface area (Å²) >= 11 is 0. The summed E-state index contributed by atoms with van der Waals surface area (Å²) in [5.41, 5.74) is 0.523. The Morgan fingerprint density at radius 3 is 2.62 bits per heavy atom. The third-order valence-corrected chi connectivity index (χ3v) is 11.2. The van der Waals surface area contributed by atoms with Crippen molar-refractivity contribution in [1.82, 2.24) is 9.78 Å². The lowest BCUT2D eigenvalue weighted by Gasteiger charge is -2.36. The smallest absolute Gasteiger partial charge is 0.352 e. The maximum absolute atomic E-state index is 11.6. The molecule has 0 radical (unpaired) electrons. The minimum Gasteiger partial charge on any atom is -0.472 e. The summed E-state index contributed by atoms with van der Waals surface area (Å²) in [6.45, 7) is 14.4. The highest BCUT2D eigenvalue weighted by Crippen LogP contribution is 2.50. The SMILES string of the molecule is Cc1c([N+](=O)[O-])c(OCCCO[Si](C)(C)C(C)(C)C)nn1C1CCOC2(CC2)C1. The lowest BCUT2D eigenvalue weighted by atomic mass is 10.0. The van der Waals surface area contributed by atoms with Gasteiger partial charge in [0.25, 0.3) is 0 Å². The second-order valence-electron chi connectivity index (χ2n) is 9.93. The molecule has 1 aromatic rings. The van der Waals surface area contributed by atoms with Gasteiger partial charge in [0.05, 0.1) is 23.2 Å². The molecule has 2 heterocycles.